The van der Waals surface area contributed by atoms with Crippen LogP contribution in [0.3, 0.4) is 0 Å². The zero-order valence-electron chi connectivity index (χ0n) is 8.63. The van der Waals surface area contributed by atoms with Gasteiger partial charge in [-0.3, -0.25) is 4.79 Å². The number of hydrogen-bond donors (Lipinski definition) is 2. The molecule has 1 aliphatic carbocycles. The third kappa shape index (κ3) is 1.70. The van der Waals surface area contributed by atoms with Gasteiger partial charge in [-0.1, -0.05) is 20.8 Å². The number of hydrogen-bond acceptors (Lipinski definition) is 2. The van der Waals surface area contributed by atoms with E-state index in [1.54, 1.807) is 0 Å². The summed E-state index contributed by atoms with van der Waals surface area (Å²) in [5.41, 5.74) is 5.02. The largest absolute Gasteiger partial charge is 0.481 e. The molecule has 0 amide bonds. The lowest BCUT2D eigenvalue weighted by atomic mass is 9.83. The first kappa shape index (κ1) is 10.5. The van der Waals surface area contributed by atoms with Crippen molar-refractivity contribution >= 4 is 5.97 Å². The predicted molar refractivity (Wildman–Crippen MR) is 51.3 cm³/mol. The van der Waals surface area contributed by atoms with Gasteiger partial charge in [-0.25, -0.2) is 0 Å². The molecule has 0 spiro atoms. The molecule has 0 aromatic carbocycles. The van der Waals surface area contributed by atoms with Gasteiger partial charge in [0.05, 0.1) is 5.41 Å². The van der Waals surface area contributed by atoms with Crippen LogP contribution in [0.1, 0.15) is 33.6 Å². The molecule has 0 bridgehead atoms. The normalized spacial score (nSPS) is 33.1. The fourth-order valence-electron chi connectivity index (χ4n) is 2.32. The summed E-state index contributed by atoms with van der Waals surface area (Å²) in [7, 11) is 0. The lowest BCUT2D eigenvalue weighted by molar-refractivity contribution is -0.144. The zero-order valence-corrected chi connectivity index (χ0v) is 8.63. The van der Waals surface area contributed by atoms with Crippen molar-refractivity contribution in [3.05, 3.63) is 0 Å². The minimum absolute atomic E-state index is 0.0908. The van der Waals surface area contributed by atoms with Gasteiger partial charge in [-0.2, -0.15) is 0 Å². The Morgan fingerprint density at radius 2 is 2.15 bits per heavy atom. The van der Waals surface area contributed by atoms with E-state index in [-0.39, 0.29) is 5.41 Å². The van der Waals surface area contributed by atoms with E-state index in [0.717, 1.165) is 6.42 Å². The van der Waals surface area contributed by atoms with Crippen LogP contribution in [-0.4, -0.2) is 17.6 Å². The van der Waals surface area contributed by atoms with E-state index in [2.05, 4.69) is 20.8 Å². The highest BCUT2D eigenvalue weighted by molar-refractivity contribution is 5.78. The molecule has 1 rings (SSSR count). The minimum atomic E-state index is -0.669. The summed E-state index contributed by atoms with van der Waals surface area (Å²) in [6, 6.07) is 0. The first-order chi connectivity index (χ1) is 5.84. The Morgan fingerprint density at radius 3 is 2.38 bits per heavy atom. The van der Waals surface area contributed by atoms with Crippen molar-refractivity contribution in [2.45, 2.75) is 33.6 Å². The van der Waals surface area contributed by atoms with Crippen LogP contribution in [0.4, 0.5) is 0 Å². The maximum absolute atomic E-state index is 11.1. The lowest BCUT2D eigenvalue weighted by Crippen LogP contribution is -2.26. The topological polar surface area (TPSA) is 63.3 Å². The minimum Gasteiger partial charge on any atom is -0.481 e. The van der Waals surface area contributed by atoms with E-state index in [4.69, 9.17) is 10.8 Å². The maximum atomic E-state index is 11.1. The Balaban J connectivity index is 2.73. The molecule has 3 nitrogen and oxygen atoms in total. The van der Waals surface area contributed by atoms with Crippen molar-refractivity contribution < 1.29 is 9.90 Å². The fourth-order valence-corrected chi connectivity index (χ4v) is 2.32. The van der Waals surface area contributed by atoms with Gasteiger partial charge in [-0.15, -0.1) is 0 Å². The monoisotopic (exact) mass is 185 g/mol. The van der Waals surface area contributed by atoms with Gasteiger partial charge in [0, 0.05) is 0 Å². The van der Waals surface area contributed by atoms with Crippen molar-refractivity contribution in [1.29, 1.82) is 0 Å². The summed E-state index contributed by atoms with van der Waals surface area (Å²) in [5, 5.41) is 9.11. The van der Waals surface area contributed by atoms with E-state index >= 15 is 0 Å². The smallest absolute Gasteiger partial charge is 0.309 e. The Hall–Kier alpha value is -0.570. The molecule has 2 atom stereocenters. The third-order valence-electron chi connectivity index (χ3n) is 3.14. The Morgan fingerprint density at radius 1 is 1.62 bits per heavy atom. The van der Waals surface area contributed by atoms with Crippen LogP contribution in [0.2, 0.25) is 0 Å². The maximum Gasteiger partial charge on any atom is 0.309 e. The van der Waals surface area contributed by atoms with Gasteiger partial charge >= 0.3 is 5.97 Å². The average Bonchev–Trinajstić information content (AvgIpc) is 2.63. The van der Waals surface area contributed by atoms with Crippen molar-refractivity contribution in [2.75, 3.05) is 6.54 Å². The van der Waals surface area contributed by atoms with Gasteiger partial charge in [0.1, 0.15) is 0 Å². The summed E-state index contributed by atoms with van der Waals surface area (Å²) in [6.07, 6.45) is 1.41. The summed E-state index contributed by atoms with van der Waals surface area (Å²) in [5.74, 6) is -0.376. The predicted octanol–water partition coefficient (Wildman–Crippen LogP) is 1.47. The summed E-state index contributed by atoms with van der Waals surface area (Å²) < 4.78 is 0. The van der Waals surface area contributed by atoms with Gasteiger partial charge in [0.15, 0.2) is 0 Å². The number of carboxylic acid groups (broad SMARTS) is 1. The number of carboxylic acids is 1. The number of carbonyl (C=O) groups is 1. The Kier molecular flexibility index (Phi) is 2.41. The molecule has 2 unspecified atom stereocenters. The molecule has 1 aliphatic rings. The van der Waals surface area contributed by atoms with Crippen molar-refractivity contribution in [3.8, 4) is 0 Å². The second-order valence-corrected chi connectivity index (χ2v) is 5.12. The lowest BCUT2D eigenvalue weighted by Gasteiger charge is -2.22. The van der Waals surface area contributed by atoms with Crippen molar-refractivity contribution in [3.63, 3.8) is 0 Å². The molecule has 0 aromatic rings. The van der Waals surface area contributed by atoms with Gasteiger partial charge in [-0.05, 0) is 30.7 Å². The molecular weight excluding hydrogens is 166 g/mol. The quantitative estimate of drug-likeness (QED) is 0.700. The van der Waals surface area contributed by atoms with Gasteiger partial charge in [0.25, 0.3) is 0 Å². The molecule has 13 heavy (non-hydrogen) atoms. The summed E-state index contributed by atoms with van der Waals surface area (Å²) >= 11 is 0. The van der Waals surface area contributed by atoms with E-state index in [1.165, 1.54) is 0 Å². The molecule has 1 fully saturated rings. The fraction of sp³-hybridized carbons (Fsp3) is 0.900. The molecular formula is C10H19NO2. The van der Waals surface area contributed by atoms with Gasteiger partial charge < -0.3 is 10.8 Å². The molecule has 0 radical (unpaired) electrons. The number of aliphatic carboxylic acids is 1. The van der Waals surface area contributed by atoms with E-state index in [1.807, 2.05) is 0 Å². The van der Waals surface area contributed by atoms with Crippen LogP contribution in [0.15, 0.2) is 0 Å². The Bertz CT molecular complexity index is 219. The van der Waals surface area contributed by atoms with Crippen LogP contribution in [0.5, 0.6) is 0 Å². The van der Waals surface area contributed by atoms with E-state index < -0.39 is 11.4 Å². The average molecular weight is 185 g/mol. The molecule has 3 N–H and O–H groups in total. The van der Waals surface area contributed by atoms with Crippen LogP contribution in [-0.2, 0) is 4.79 Å². The standard InChI is InChI=1S/C10H19NO2/c1-9(2,3)7-6-10(7,4-5-11)8(12)13/h7H,4-6,11H2,1-3H3,(H,12,13). The molecule has 76 valence electrons. The summed E-state index contributed by atoms with van der Waals surface area (Å²) in [4.78, 5) is 11.1. The van der Waals surface area contributed by atoms with Gasteiger partial charge in [0.2, 0.25) is 0 Å². The molecule has 1 saturated carbocycles. The highest BCUT2D eigenvalue weighted by Gasteiger charge is 2.63. The van der Waals surface area contributed by atoms with Crippen LogP contribution >= 0.6 is 0 Å². The second-order valence-electron chi connectivity index (χ2n) is 5.12. The SMILES string of the molecule is CC(C)(C)C1CC1(CCN)C(=O)O. The molecule has 3 heteroatoms. The molecule has 0 aromatic heterocycles. The van der Waals surface area contributed by atoms with Crippen molar-refractivity contribution in [2.24, 2.45) is 22.5 Å². The molecule has 0 saturated heterocycles. The Labute approximate surface area is 79.3 Å². The van der Waals surface area contributed by atoms with E-state index in [0.29, 0.717) is 18.9 Å². The molecule has 0 aliphatic heterocycles. The highest BCUT2D eigenvalue weighted by atomic mass is 16.4. The molecule has 0 heterocycles. The first-order valence-electron chi connectivity index (χ1n) is 4.78. The highest BCUT2D eigenvalue weighted by Crippen LogP contribution is 2.62. The van der Waals surface area contributed by atoms with Crippen molar-refractivity contribution in [1.82, 2.24) is 0 Å². The van der Waals surface area contributed by atoms with Crippen LogP contribution < -0.4 is 5.73 Å². The van der Waals surface area contributed by atoms with E-state index in [9.17, 15) is 4.79 Å². The zero-order chi connectivity index (χ0) is 10.3. The van der Waals surface area contributed by atoms with Crippen LogP contribution in [0.25, 0.3) is 0 Å². The number of nitrogens with two attached hydrogens (primary N) is 1. The second kappa shape index (κ2) is 2.98. The van der Waals surface area contributed by atoms with Crippen LogP contribution in [0, 0.1) is 16.7 Å². The summed E-state index contributed by atoms with van der Waals surface area (Å²) in [6.45, 7) is 6.76. The first-order valence-corrected chi connectivity index (χ1v) is 4.78. The number of rotatable bonds is 3. The third-order valence-corrected chi connectivity index (χ3v) is 3.14.